The third-order valence-electron chi connectivity index (χ3n) is 3.14. The summed E-state index contributed by atoms with van der Waals surface area (Å²) >= 11 is 0. The number of halogens is 1. The number of hydrogen-bond donors (Lipinski definition) is 0. The summed E-state index contributed by atoms with van der Waals surface area (Å²) in [7, 11) is -1.94. The Morgan fingerprint density at radius 3 is 2.00 bits per heavy atom. The van der Waals surface area contributed by atoms with E-state index in [2.05, 4.69) is 6.92 Å². The fourth-order valence-electron chi connectivity index (χ4n) is 2.13. The van der Waals surface area contributed by atoms with E-state index in [9.17, 15) is 9.18 Å². The van der Waals surface area contributed by atoms with Gasteiger partial charge < -0.3 is 9.16 Å². The minimum Gasteiger partial charge on any atom is -0.545 e. The number of rotatable bonds is 12. The number of ether oxygens (including phenoxy) is 1. The lowest BCUT2D eigenvalue weighted by Gasteiger charge is -2.22. The molecule has 0 fully saturated rings. The van der Waals surface area contributed by atoms with Crippen molar-refractivity contribution in [3.8, 4) is 0 Å². The number of carbonyl (C=O) groups excluding carboxylic acids is 1. The van der Waals surface area contributed by atoms with Gasteiger partial charge in [-0.1, -0.05) is 45.4 Å². The summed E-state index contributed by atoms with van der Waals surface area (Å²) in [4.78, 5) is 11.6. The molecule has 0 amide bonds. The van der Waals surface area contributed by atoms with Gasteiger partial charge in [-0.2, -0.15) is 4.39 Å². The van der Waals surface area contributed by atoms with Crippen LogP contribution in [0, 0.1) is 0 Å². The topological polar surface area (TPSA) is 35.5 Å². The van der Waals surface area contributed by atoms with Gasteiger partial charge in [0.05, 0.1) is 6.61 Å². The second-order valence-corrected chi connectivity index (χ2v) is 11.0. The molecule has 0 aromatic heterocycles. The first-order valence-corrected chi connectivity index (χ1v) is 12.0. The number of allylic oxidation sites excluding steroid dienone is 1. The molecule has 22 heavy (non-hydrogen) atoms. The molecule has 0 aliphatic heterocycles. The molecule has 0 radical (unpaired) electrons. The zero-order valence-corrected chi connectivity index (χ0v) is 16.0. The molecule has 0 saturated heterocycles. The molecular weight excluding hydrogens is 299 g/mol. The Kier molecular flexibility index (Phi) is 11.2. The second kappa shape index (κ2) is 11.7. The first-order chi connectivity index (χ1) is 10.3. The van der Waals surface area contributed by atoms with Gasteiger partial charge in [-0.05, 0) is 33.0 Å². The summed E-state index contributed by atoms with van der Waals surface area (Å²) < 4.78 is 24.6. The van der Waals surface area contributed by atoms with Crippen LogP contribution in [0.5, 0.6) is 0 Å². The average molecular weight is 333 g/mol. The standard InChI is InChI=1S/C17H33FO3Si/c1-6-8-9-10-11-12-13-14-15(21-22(3,4)5)16(18)17(19)20-7-2/h6-14H2,1-5H3/b16-15+. The molecule has 0 bridgehead atoms. The van der Waals surface area contributed by atoms with Crippen LogP contribution in [0.2, 0.25) is 19.6 Å². The maximum absolute atomic E-state index is 14.2. The molecule has 3 nitrogen and oxygen atoms in total. The predicted octanol–water partition coefficient (Wildman–Crippen LogP) is 5.72. The van der Waals surface area contributed by atoms with E-state index in [-0.39, 0.29) is 12.4 Å². The van der Waals surface area contributed by atoms with Gasteiger partial charge in [0.15, 0.2) is 0 Å². The minimum absolute atomic E-state index is 0.171. The van der Waals surface area contributed by atoms with E-state index < -0.39 is 20.1 Å². The van der Waals surface area contributed by atoms with Gasteiger partial charge in [0.25, 0.3) is 0 Å². The summed E-state index contributed by atoms with van der Waals surface area (Å²) in [6.45, 7) is 9.98. The van der Waals surface area contributed by atoms with E-state index in [0.717, 1.165) is 19.3 Å². The molecule has 0 heterocycles. The predicted molar refractivity (Wildman–Crippen MR) is 91.8 cm³/mol. The van der Waals surface area contributed by atoms with Crippen molar-refractivity contribution in [1.82, 2.24) is 0 Å². The molecule has 0 unspecified atom stereocenters. The molecular formula is C17H33FO3Si. The average Bonchev–Trinajstić information content (AvgIpc) is 2.43. The highest BCUT2D eigenvalue weighted by Gasteiger charge is 2.24. The van der Waals surface area contributed by atoms with Crippen molar-refractivity contribution in [1.29, 1.82) is 0 Å². The van der Waals surface area contributed by atoms with Crippen LogP contribution in [0.3, 0.4) is 0 Å². The van der Waals surface area contributed by atoms with Gasteiger partial charge in [-0.25, -0.2) is 4.79 Å². The van der Waals surface area contributed by atoms with Crippen LogP contribution in [0.25, 0.3) is 0 Å². The highest BCUT2D eigenvalue weighted by molar-refractivity contribution is 6.70. The molecule has 0 rings (SSSR count). The number of carbonyl (C=O) groups is 1. The quantitative estimate of drug-likeness (QED) is 0.151. The van der Waals surface area contributed by atoms with Gasteiger partial charge in [0.1, 0.15) is 5.76 Å². The molecule has 0 N–H and O–H groups in total. The molecule has 130 valence electrons. The highest BCUT2D eigenvalue weighted by Crippen LogP contribution is 2.22. The fourth-order valence-corrected chi connectivity index (χ4v) is 3.06. The van der Waals surface area contributed by atoms with Gasteiger partial charge in [-0.15, -0.1) is 0 Å². The Morgan fingerprint density at radius 2 is 1.50 bits per heavy atom. The van der Waals surface area contributed by atoms with Crippen molar-refractivity contribution in [3.63, 3.8) is 0 Å². The summed E-state index contributed by atoms with van der Waals surface area (Å²) in [6.07, 6.45) is 8.52. The zero-order chi connectivity index (χ0) is 17.0. The second-order valence-electron chi connectivity index (χ2n) is 6.54. The van der Waals surface area contributed by atoms with E-state index >= 15 is 0 Å². The summed E-state index contributed by atoms with van der Waals surface area (Å²) in [5, 5.41) is 0. The molecule has 0 aliphatic carbocycles. The summed E-state index contributed by atoms with van der Waals surface area (Å²) in [5.74, 6) is -1.57. The van der Waals surface area contributed by atoms with Crippen LogP contribution in [0.15, 0.2) is 11.6 Å². The number of unbranched alkanes of at least 4 members (excludes halogenated alkanes) is 6. The summed E-state index contributed by atoms with van der Waals surface area (Å²) in [6, 6.07) is 0. The molecule has 0 atom stereocenters. The largest absolute Gasteiger partial charge is 0.545 e. The monoisotopic (exact) mass is 332 g/mol. The van der Waals surface area contributed by atoms with Crippen molar-refractivity contribution in [2.24, 2.45) is 0 Å². The Balaban J connectivity index is 4.43. The Bertz CT molecular complexity index is 348. The van der Waals surface area contributed by atoms with Crippen LogP contribution < -0.4 is 0 Å². The molecule has 0 aromatic rings. The maximum Gasteiger partial charge on any atom is 0.370 e. The van der Waals surface area contributed by atoms with Crippen LogP contribution in [0.1, 0.15) is 65.2 Å². The Morgan fingerprint density at radius 1 is 0.955 bits per heavy atom. The van der Waals surface area contributed by atoms with Gasteiger partial charge in [0, 0.05) is 6.42 Å². The van der Waals surface area contributed by atoms with E-state index in [0.29, 0.717) is 6.42 Å². The third kappa shape index (κ3) is 10.8. The minimum atomic E-state index is -1.94. The number of esters is 1. The van der Waals surface area contributed by atoms with E-state index in [1.807, 2.05) is 19.6 Å². The van der Waals surface area contributed by atoms with Crippen LogP contribution in [-0.4, -0.2) is 20.9 Å². The molecule has 0 aromatic carbocycles. The van der Waals surface area contributed by atoms with Crippen molar-refractivity contribution in [2.75, 3.05) is 6.61 Å². The van der Waals surface area contributed by atoms with Crippen LogP contribution >= 0.6 is 0 Å². The lowest BCUT2D eigenvalue weighted by molar-refractivity contribution is -0.140. The SMILES string of the molecule is CCCCCCCCC/C(O[Si](C)(C)C)=C(\F)C(=O)OCC. The zero-order valence-electron chi connectivity index (χ0n) is 15.0. The van der Waals surface area contributed by atoms with Crippen molar-refractivity contribution in [3.05, 3.63) is 11.6 Å². The first kappa shape index (κ1) is 21.2. The normalized spacial score (nSPS) is 12.8. The first-order valence-electron chi connectivity index (χ1n) is 8.56. The molecule has 5 heteroatoms. The van der Waals surface area contributed by atoms with Crippen molar-refractivity contribution < 1.29 is 18.3 Å². The third-order valence-corrected chi connectivity index (χ3v) is 4.00. The fraction of sp³-hybridized carbons (Fsp3) is 0.824. The lowest BCUT2D eigenvalue weighted by Crippen LogP contribution is -2.26. The molecule has 0 saturated carbocycles. The van der Waals surface area contributed by atoms with E-state index in [1.165, 1.54) is 25.7 Å². The highest BCUT2D eigenvalue weighted by atomic mass is 28.4. The van der Waals surface area contributed by atoms with Gasteiger partial charge in [0.2, 0.25) is 14.1 Å². The Labute approximate surface area is 136 Å². The van der Waals surface area contributed by atoms with E-state index in [4.69, 9.17) is 9.16 Å². The van der Waals surface area contributed by atoms with Gasteiger partial charge in [-0.3, -0.25) is 0 Å². The number of hydrogen-bond acceptors (Lipinski definition) is 3. The maximum atomic E-state index is 14.2. The van der Waals surface area contributed by atoms with E-state index in [1.54, 1.807) is 6.92 Å². The van der Waals surface area contributed by atoms with Crippen LogP contribution in [-0.2, 0) is 14.0 Å². The lowest BCUT2D eigenvalue weighted by atomic mass is 10.1. The Hall–Kier alpha value is -0.843. The van der Waals surface area contributed by atoms with Crippen molar-refractivity contribution >= 4 is 14.3 Å². The van der Waals surface area contributed by atoms with Gasteiger partial charge >= 0.3 is 5.97 Å². The van der Waals surface area contributed by atoms with Crippen LogP contribution in [0.4, 0.5) is 4.39 Å². The molecule has 0 aliphatic rings. The molecule has 0 spiro atoms. The summed E-state index contributed by atoms with van der Waals surface area (Å²) in [5.41, 5.74) is 0. The van der Waals surface area contributed by atoms with Crippen molar-refractivity contribution in [2.45, 2.75) is 84.9 Å². The smallest absolute Gasteiger partial charge is 0.370 e.